The second-order valence-electron chi connectivity index (χ2n) is 5.25. The molecule has 0 aromatic heterocycles. The van der Waals surface area contributed by atoms with Crippen LogP contribution in [0.25, 0.3) is 11.1 Å². The Morgan fingerprint density at radius 2 is 1.83 bits per heavy atom. The summed E-state index contributed by atoms with van der Waals surface area (Å²) in [4.78, 5) is 16.1. The minimum Gasteiger partial charge on any atom is -0.465 e. The lowest BCUT2D eigenvalue weighted by Gasteiger charge is -2.09. The number of aliphatic imine (C=N–C) groups is 1. The molecule has 0 saturated carbocycles. The maximum absolute atomic E-state index is 11.7. The smallest absolute Gasteiger partial charge is 0.337 e. The van der Waals surface area contributed by atoms with Gasteiger partial charge in [0.15, 0.2) is 0 Å². The highest BCUT2D eigenvalue weighted by Crippen LogP contribution is 2.24. The second kappa shape index (κ2) is 8.13. The van der Waals surface area contributed by atoms with Crippen molar-refractivity contribution in [2.75, 3.05) is 19.0 Å². The zero-order valence-electron chi connectivity index (χ0n) is 13.8. The fourth-order valence-corrected chi connectivity index (χ4v) is 2.25. The molecule has 0 heterocycles. The second-order valence-corrected chi connectivity index (χ2v) is 5.25. The first-order chi connectivity index (χ1) is 11.1. The number of rotatable bonds is 5. The summed E-state index contributed by atoms with van der Waals surface area (Å²) in [5.41, 5.74) is 3.52. The van der Waals surface area contributed by atoms with Crippen LogP contribution in [0.3, 0.4) is 0 Å². The molecule has 0 radical (unpaired) electrons. The molecule has 0 aliphatic heterocycles. The van der Waals surface area contributed by atoms with Crippen molar-refractivity contribution in [2.24, 2.45) is 4.99 Å². The van der Waals surface area contributed by atoms with E-state index >= 15 is 0 Å². The molecule has 2 aromatic rings. The van der Waals surface area contributed by atoms with Gasteiger partial charge in [0.1, 0.15) is 0 Å². The molecule has 0 atom stereocenters. The third-order valence-electron chi connectivity index (χ3n) is 3.38. The molecule has 0 saturated heterocycles. The van der Waals surface area contributed by atoms with Gasteiger partial charge in [-0.3, -0.25) is 4.99 Å². The molecule has 2 rings (SSSR count). The van der Waals surface area contributed by atoms with Gasteiger partial charge in [0.05, 0.1) is 18.5 Å². The number of ether oxygens (including phenoxy) is 1. The molecule has 0 aliphatic rings. The number of methoxy groups -OCH3 is 1. The van der Waals surface area contributed by atoms with Crippen molar-refractivity contribution in [1.29, 1.82) is 0 Å². The molecule has 4 heteroatoms. The quantitative estimate of drug-likeness (QED) is 0.506. The van der Waals surface area contributed by atoms with E-state index < -0.39 is 0 Å². The maximum atomic E-state index is 11.7. The number of nitrogens with one attached hydrogen (secondary N) is 1. The first-order valence-corrected chi connectivity index (χ1v) is 7.71. The minimum atomic E-state index is -0.330. The van der Waals surface area contributed by atoms with Crippen LogP contribution < -0.4 is 5.32 Å². The number of carbonyl (C=O) groups is 1. The van der Waals surface area contributed by atoms with Gasteiger partial charge in [-0.05, 0) is 48.7 Å². The summed E-state index contributed by atoms with van der Waals surface area (Å²) in [5.74, 6) is 0.566. The van der Waals surface area contributed by atoms with Crippen molar-refractivity contribution in [3.8, 4) is 11.1 Å². The molecule has 23 heavy (non-hydrogen) atoms. The topological polar surface area (TPSA) is 50.7 Å². The molecule has 0 bridgehead atoms. The van der Waals surface area contributed by atoms with Gasteiger partial charge in [-0.25, -0.2) is 4.79 Å². The lowest BCUT2D eigenvalue weighted by atomic mass is 10.0. The number of hydrogen-bond acceptors (Lipinski definition) is 3. The molecule has 0 spiro atoms. The number of hydrogen-bond donors (Lipinski definition) is 1. The fraction of sp³-hybridized carbons (Fsp3) is 0.263. The SMILES string of the molecule is CCCN=C(C)Nc1cccc(-c2cccc(C(=O)OC)c2)c1. The van der Waals surface area contributed by atoms with E-state index in [2.05, 4.69) is 17.2 Å². The van der Waals surface area contributed by atoms with E-state index in [1.54, 1.807) is 6.07 Å². The van der Waals surface area contributed by atoms with Gasteiger partial charge in [0.2, 0.25) is 0 Å². The van der Waals surface area contributed by atoms with Crippen molar-refractivity contribution in [2.45, 2.75) is 20.3 Å². The van der Waals surface area contributed by atoms with Gasteiger partial charge >= 0.3 is 5.97 Å². The number of anilines is 1. The van der Waals surface area contributed by atoms with Crippen molar-refractivity contribution in [1.82, 2.24) is 0 Å². The van der Waals surface area contributed by atoms with Crippen molar-refractivity contribution in [3.05, 3.63) is 54.1 Å². The standard InChI is InChI=1S/C19H22N2O2/c1-4-11-20-14(2)21-18-10-6-8-16(13-18)15-7-5-9-17(12-15)19(22)23-3/h5-10,12-13H,4,11H2,1-3H3,(H,20,21). The number of benzene rings is 2. The summed E-state index contributed by atoms with van der Waals surface area (Å²) in [6.45, 7) is 4.88. The van der Waals surface area contributed by atoms with Crippen molar-refractivity contribution < 1.29 is 9.53 Å². The van der Waals surface area contributed by atoms with Crippen LogP contribution in [0, 0.1) is 0 Å². The Hall–Kier alpha value is -2.62. The summed E-state index contributed by atoms with van der Waals surface area (Å²) >= 11 is 0. The molecule has 0 fully saturated rings. The number of nitrogens with zero attached hydrogens (tertiary/aromatic N) is 1. The molecular weight excluding hydrogens is 288 g/mol. The van der Waals surface area contributed by atoms with Crippen LogP contribution in [0.5, 0.6) is 0 Å². The summed E-state index contributed by atoms with van der Waals surface area (Å²) in [6.07, 6.45) is 1.03. The Labute approximate surface area is 137 Å². The van der Waals surface area contributed by atoms with E-state index in [0.29, 0.717) is 5.56 Å². The highest BCUT2D eigenvalue weighted by atomic mass is 16.5. The summed E-state index contributed by atoms with van der Waals surface area (Å²) in [5, 5.41) is 3.29. The molecule has 0 unspecified atom stereocenters. The van der Waals surface area contributed by atoms with E-state index in [-0.39, 0.29) is 5.97 Å². The Morgan fingerprint density at radius 1 is 1.13 bits per heavy atom. The Balaban J connectivity index is 2.24. The molecule has 0 amide bonds. The van der Waals surface area contributed by atoms with Gasteiger partial charge in [0.25, 0.3) is 0 Å². The predicted octanol–water partition coefficient (Wildman–Crippen LogP) is 4.38. The van der Waals surface area contributed by atoms with Crippen LogP contribution in [-0.2, 0) is 4.74 Å². The highest BCUT2D eigenvalue weighted by Gasteiger charge is 2.07. The monoisotopic (exact) mass is 310 g/mol. The van der Waals surface area contributed by atoms with Crippen LogP contribution in [0.15, 0.2) is 53.5 Å². The molecule has 0 aliphatic carbocycles. The predicted molar refractivity (Wildman–Crippen MR) is 95.1 cm³/mol. The normalized spacial score (nSPS) is 11.2. The van der Waals surface area contributed by atoms with Gasteiger partial charge in [-0.2, -0.15) is 0 Å². The lowest BCUT2D eigenvalue weighted by molar-refractivity contribution is 0.0601. The van der Waals surface area contributed by atoms with Gasteiger partial charge < -0.3 is 10.1 Å². The van der Waals surface area contributed by atoms with E-state index in [4.69, 9.17) is 4.74 Å². The van der Waals surface area contributed by atoms with E-state index in [1.807, 2.05) is 49.4 Å². The first kappa shape index (κ1) is 16.7. The third-order valence-corrected chi connectivity index (χ3v) is 3.38. The lowest BCUT2D eigenvalue weighted by Crippen LogP contribution is -2.07. The van der Waals surface area contributed by atoms with E-state index in [0.717, 1.165) is 35.6 Å². The zero-order chi connectivity index (χ0) is 16.7. The van der Waals surface area contributed by atoms with Gasteiger partial charge in [0, 0.05) is 12.2 Å². The van der Waals surface area contributed by atoms with Crippen LogP contribution in [0.4, 0.5) is 5.69 Å². The average Bonchev–Trinajstić information content (AvgIpc) is 2.59. The number of esters is 1. The molecule has 1 N–H and O–H groups in total. The van der Waals surface area contributed by atoms with Gasteiger partial charge in [-0.15, -0.1) is 0 Å². The zero-order valence-corrected chi connectivity index (χ0v) is 13.8. The summed E-state index contributed by atoms with van der Waals surface area (Å²) in [7, 11) is 1.39. The van der Waals surface area contributed by atoms with Crippen LogP contribution in [0.1, 0.15) is 30.6 Å². The highest BCUT2D eigenvalue weighted by molar-refractivity contribution is 5.94. The van der Waals surface area contributed by atoms with E-state index in [9.17, 15) is 4.79 Å². The average molecular weight is 310 g/mol. The molecule has 2 aromatic carbocycles. The Kier molecular flexibility index (Phi) is 5.92. The van der Waals surface area contributed by atoms with Crippen LogP contribution in [-0.4, -0.2) is 25.5 Å². The maximum Gasteiger partial charge on any atom is 0.337 e. The van der Waals surface area contributed by atoms with Crippen molar-refractivity contribution in [3.63, 3.8) is 0 Å². The van der Waals surface area contributed by atoms with E-state index in [1.165, 1.54) is 7.11 Å². The first-order valence-electron chi connectivity index (χ1n) is 7.71. The molecule has 4 nitrogen and oxygen atoms in total. The number of amidine groups is 1. The summed E-state index contributed by atoms with van der Waals surface area (Å²) < 4.78 is 4.77. The number of carbonyl (C=O) groups excluding carboxylic acids is 1. The third kappa shape index (κ3) is 4.68. The Morgan fingerprint density at radius 3 is 2.52 bits per heavy atom. The minimum absolute atomic E-state index is 0.330. The fourth-order valence-electron chi connectivity index (χ4n) is 2.25. The van der Waals surface area contributed by atoms with Gasteiger partial charge in [-0.1, -0.05) is 31.2 Å². The van der Waals surface area contributed by atoms with Crippen molar-refractivity contribution >= 4 is 17.5 Å². The molecular formula is C19H22N2O2. The van der Waals surface area contributed by atoms with Crippen LogP contribution >= 0.6 is 0 Å². The summed E-state index contributed by atoms with van der Waals surface area (Å²) in [6, 6.07) is 15.5. The van der Waals surface area contributed by atoms with Crippen LogP contribution in [0.2, 0.25) is 0 Å². The largest absolute Gasteiger partial charge is 0.465 e. The molecule has 120 valence electrons. The Bertz CT molecular complexity index is 708.